The average Bonchev–Trinajstić information content (AvgIpc) is 2.66. The first kappa shape index (κ1) is 17.6. The summed E-state index contributed by atoms with van der Waals surface area (Å²) in [5.41, 5.74) is 2.81. The minimum Gasteiger partial charge on any atom is -0.493 e. The molecule has 2 aromatic carbocycles. The molecule has 0 saturated carbocycles. The third kappa shape index (κ3) is 3.42. The van der Waals surface area contributed by atoms with E-state index >= 15 is 0 Å². The fourth-order valence-corrected chi connectivity index (χ4v) is 2.88. The van der Waals surface area contributed by atoms with E-state index in [4.69, 9.17) is 14.2 Å². The summed E-state index contributed by atoms with van der Waals surface area (Å²) in [6.07, 6.45) is 1.09. The molecule has 0 aromatic heterocycles. The van der Waals surface area contributed by atoms with Gasteiger partial charge in [-0.1, -0.05) is 0 Å². The van der Waals surface area contributed by atoms with Crippen LogP contribution in [0.2, 0.25) is 0 Å². The lowest BCUT2D eigenvalue weighted by molar-refractivity contribution is -0.116. The Bertz CT molecular complexity index is 838. The first-order valence-electron chi connectivity index (χ1n) is 8.10. The largest absolute Gasteiger partial charge is 0.493 e. The topological polar surface area (TPSA) is 85.9 Å². The van der Waals surface area contributed by atoms with Crippen LogP contribution in [-0.2, 0) is 11.2 Å². The molecule has 1 heterocycles. The predicted molar refractivity (Wildman–Crippen MR) is 97.4 cm³/mol. The van der Waals surface area contributed by atoms with Gasteiger partial charge in [0, 0.05) is 23.4 Å². The summed E-state index contributed by atoms with van der Waals surface area (Å²) in [6, 6.07) is 8.59. The van der Waals surface area contributed by atoms with Gasteiger partial charge in [0.15, 0.2) is 11.5 Å². The average molecular weight is 356 g/mol. The number of methoxy groups -OCH3 is 3. The summed E-state index contributed by atoms with van der Waals surface area (Å²) in [7, 11) is 4.50. The number of aryl methyl sites for hydroxylation is 1. The summed E-state index contributed by atoms with van der Waals surface area (Å²) in [5, 5.41) is 5.67. The maximum absolute atomic E-state index is 12.6. The van der Waals surface area contributed by atoms with Crippen molar-refractivity contribution >= 4 is 23.2 Å². The quantitative estimate of drug-likeness (QED) is 0.860. The Morgan fingerprint density at radius 1 is 1.00 bits per heavy atom. The maximum Gasteiger partial charge on any atom is 0.255 e. The summed E-state index contributed by atoms with van der Waals surface area (Å²) >= 11 is 0. The van der Waals surface area contributed by atoms with Crippen LogP contribution in [0.25, 0.3) is 0 Å². The minimum atomic E-state index is -0.302. The van der Waals surface area contributed by atoms with Crippen LogP contribution >= 0.6 is 0 Å². The van der Waals surface area contributed by atoms with Crippen molar-refractivity contribution in [3.63, 3.8) is 0 Å². The van der Waals surface area contributed by atoms with Crippen molar-refractivity contribution in [1.82, 2.24) is 0 Å². The maximum atomic E-state index is 12.6. The van der Waals surface area contributed by atoms with E-state index in [0.29, 0.717) is 41.3 Å². The Morgan fingerprint density at radius 2 is 1.69 bits per heavy atom. The van der Waals surface area contributed by atoms with Gasteiger partial charge in [-0.05, 0) is 42.3 Å². The summed E-state index contributed by atoms with van der Waals surface area (Å²) < 4.78 is 15.8. The molecular formula is C19H20N2O5. The molecule has 7 heteroatoms. The van der Waals surface area contributed by atoms with E-state index in [0.717, 1.165) is 11.3 Å². The molecule has 0 bridgehead atoms. The first-order chi connectivity index (χ1) is 12.5. The zero-order valence-electron chi connectivity index (χ0n) is 14.8. The summed E-state index contributed by atoms with van der Waals surface area (Å²) in [4.78, 5) is 24.1. The molecule has 136 valence electrons. The third-order valence-electron chi connectivity index (χ3n) is 4.19. The van der Waals surface area contributed by atoms with Crippen molar-refractivity contribution in [2.75, 3.05) is 32.0 Å². The summed E-state index contributed by atoms with van der Waals surface area (Å²) in [5.74, 6) is 0.946. The van der Waals surface area contributed by atoms with Gasteiger partial charge in [-0.3, -0.25) is 9.59 Å². The highest BCUT2D eigenvalue weighted by molar-refractivity contribution is 6.05. The van der Waals surface area contributed by atoms with Crippen molar-refractivity contribution in [1.29, 1.82) is 0 Å². The van der Waals surface area contributed by atoms with Gasteiger partial charge in [-0.2, -0.15) is 0 Å². The Morgan fingerprint density at radius 3 is 2.31 bits per heavy atom. The van der Waals surface area contributed by atoms with E-state index in [1.807, 2.05) is 6.07 Å². The van der Waals surface area contributed by atoms with Crippen LogP contribution in [-0.4, -0.2) is 33.1 Å². The molecule has 7 nitrogen and oxygen atoms in total. The number of anilines is 2. The van der Waals surface area contributed by atoms with E-state index in [-0.39, 0.29) is 11.8 Å². The minimum absolute atomic E-state index is 0.00621. The Balaban J connectivity index is 1.85. The van der Waals surface area contributed by atoms with E-state index in [1.165, 1.54) is 21.3 Å². The highest BCUT2D eigenvalue weighted by Crippen LogP contribution is 2.38. The first-order valence-corrected chi connectivity index (χ1v) is 8.10. The number of ether oxygens (including phenoxy) is 3. The molecule has 0 saturated heterocycles. The monoisotopic (exact) mass is 356 g/mol. The second-order valence-electron chi connectivity index (χ2n) is 5.79. The smallest absolute Gasteiger partial charge is 0.255 e. The van der Waals surface area contributed by atoms with E-state index < -0.39 is 0 Å². The van der Waals surface area contributed by atoms with Gasteiger partial charge in [0.2, 0.25) is 11.7 Å². The molecule has 0 aliphatic carbocycles. The van der Waals surface area contributed by atoms with E-state index in [1.54, 1.807) is 24.3 Å². The lowest BCUT2D eigenvalue weighted by atomic mass is 10.0. The molecular weight excluding hydrogens is 336 g/mol. The second-order valence-corrected chi connectivity index (χ2v) is 5.79. The van der Waals surface area contributed by atoms with Crippen LogP contribution in [0.3, 0.4) is 0 Å². The van der Waals surface area contributed by atoms with Gasteiger partial charge < -0.3 is 24.8 Å². The Kier molecular flexibility index (Phi) is 4.97. The number of carbonyl (C=O) groups excluding carboxylic acids is 2. The van der Waals surface area contributed by atoms with E-state index in [2.05, 4.69) is 10.6 Å². The fraction of sp³-hybridized carbons (Fsp3) is 0.263. The zero-order valence-corrected chi connectivity index (χ0v) is 14.8. The van der Waals surface area contributed by atoms with Gasteiger partial charge in [0.05, 0.1) is 21.3 Å². The zero-order chi connectivity index (χ0) is 18.7. The molecule has 0 atom stereocenters. The normalized spacial score (nSPS) is 12.7. The van der Waals surface area contributed by atoms with Crippen LogP contribution in [0, 0.1) is 0 Å². The lowest BCUT2D eigenvalue weighted by Gasteiger charge is -2.18. The van der Waals surface area contributed by atoms with Gasteiger partial charge in [0.1, 0.15) is 0 Å². The van der Waals surface area contributed by atoms with Crippen molar-refractivity contribution in [2.45, 2.75) is 12.8 Å². The number of carbonyl (C=O) groups is 2. The number of nitrogens with one attached hydrogen (secondary N) is 2. The van der Waals surface area contributed by atoms with E-state index in [9.17, 15) is 9.59 Å². The molecule has 26 heavy (non-hydrogen) atoms. The molecule has 2 N–H and O–H groups in total. The molecule has 0 fully saturated rings. The third-order valence-corrected chi connectivity index (χ3v) is 4.19. The standard InChI is InChI=1S/C19H20N2O5/c1-24-15-9-12(10-16(25-2)18(15)26-3)19(23)20-13-5-6-14-11(8-13)4-7-17(22)21-14/h5-6,8-10H,4,7H2,1-3H3,(H,20,23)(H,21,22). The van der Waals surface area contributed by atoms with Crippen LogP contribution in [0.1, 0.15) is 22.3 Å². The Hall–Kier alpha value is -3.22. The van der Waals surface area contributed by atoms with Crippen molar-refractivity contribution in [3.05, 3.63) is 41.5 Å². The van der Waals surface area contributed by atoms with Gasteiger partial charge in [-0.25, -0.2) is 0 Å². The van der Waals surface area contributed by atoms with Gasteiger partial charge >= 0.3 is 0 Å². The van der Waals surface area contributed by atoms with Crippen LogP contribution < -0.4 is 24.8 Å². The predicted octanol–water partition coefficient (Wildman–Crippen LogP) is 2.85. The van der Waals surface area contributed by atoms with Crippen molar-refractivity contribution in [3.8, 4) is 17.2 Å². The molecule has 2 aromatic rings. The molecule has 1 aliphatic heterocycles. The number of amides is 2. The lowest BCUT2D eigenvalue weighted by Crippen LogP contribution is -2.19. The number of benzene rings is 2. The van der Waals surface area contributed by atoms with Crippen molar-refractivity contribution < 1.29 is 23.8 Å². The molecule has 0 radical (unpaired) electrons. The van der Waals surface area contributed by atoms with Crippen LogP contribution in [0.4, 0.5) is 11.4 Å². The fourth-order valence-electron chi connectivity index (χ4n) is 2.88. The van der Waals surface area contributed by atoms with Gasteiger partial charge in [0.25, 0.3) is 5.91 Å². The summed E-state index contributed by atoms with van der Waals surface area (Å²) in [6.45, 7) is 0. The number of hydrogen-bond acceptors (Lipinski definition) is 5. The number of fused-ring (bicyclic) bond motifs is 1. The highest BCUT2D eigenvalue weighted by Gasteiger charge is 2.18. The molecule has 2 amide bonds. The highest BCUT2D eigenvalue weighted by atomic mass is 16.5. The molecule has 3 rings (SSSR count). The number of rotatable bonds is 5. The second kappa shape index (κ2) is 7.35. The Labute approximate surface area is 151 Å². The van der Waals surface area contributed by atoms with Crippen molar-refractivity contribution in [2.24, 2.45) is 0 Å². The van der Waals surface area contributed by atoms with Crippen LogP contribution in [0.15, 0.2) is 30.3 Å². The number of hydrogen-bond donors (Lipinski definition) is 2. The molecule has 0 spiro atoms. The molecule has 0 unspecified atom stereocenters. The van der Waals surface area contributed by atoms with Crippen LogP contribution in [0.5, 0.6) is 17.2 Å². The SMILES string of the molecule is COc1cc(C(=O)Nc2ccc3c(c2)CCC(=O)N3)cc(OC)c1OC. The molecule has 1 aliphatic rings. The van der Waals surface area contributed by atoms with Gasteiger partial charge in [-0.15, -0.1) is 0 Å².